The predicted molar refractivity (Wildman–Crippen MR) is 79.0 cm³/mol. The number of imidazole rings is 1. The average Bonchev–Trinajstić information content (AvgIpc) is 2.79. The van der Waals surface area contributed by atoms with E-state index in [0.717, 1.165) is 18.6 Å². The highest BCUT2D eigenvalue weighted by molar-refractivity contribution is 5.79. The van der Waals surface area contributed by atoms with Crippen LogP contribution < -0.4 is 5.32 Å². The molecule has 0 amide bonds. The van der Waals surface area contributed by atoms with E-state index in [9.17, 15) is 10.1 Å². The maximum atomic E-state index is 10.7. The number of nitro benzene ring substituents is 1. The van der Waals surface area contributed by atoms with Crippen LogP contribution in [0.15, 0.2) is 18.2 Å². The number of H-pyrrole nitrogens is 1. The highest BCUT2D eigenvalue weighted by Crippen LogP contribution is 2.20. The lowest BCUT2D eigenvalue weighted by Gasteiger charge is -2.20. The van der Waals surface area contributed by atoms with E-state index < -0.39 is 4.92 Å². The maximum absolute atomic E-state index is 10.7. The number of rotatable bonds is 6. The fraction of sp³-hybridized carbons (Fsp3) is 0.462. The SMILES string of the molecule is CC(C)N(C)CCNc1nc2ccc([N+](=O)[O-])cc2[nH]1. The number of anilines is 1. The zero-order valence-corrected chi connectivity index (χ0v) is 11.9. The van der Waals surface area contributed by atoms with E-state index in [1.807, 2.05) is 0 Å². The third-order valence-corrected chi connectivity index (χ3v) is 3.31. The Morgan fingerprint density at radius 1 is 1.50 bits per heavy atom. The van der Waals surface area contributed by atoms with Gasteiger partial charge in [0, 0.05) is 31.3 Å². The van der Waals surface area contributed by atoms with Crippen molar-refractivity contribution in [1.29, 1.82) is 0 Å². The van der Waals surface area contributed by atoms with Crippen molar-refractivity contribution in [2.45, 2.75) is 19.9 Å². The number of nitrogens with zero attached hydrogens (tertiary/aromatic N) is 3. The van der Waals surface area contributed by atoms with Gasteiger partial charge in [0.25, 0.3) is 5.69 Å². The quantitative estimate of drug-likeness (QED) is 0.624. The van der Waals surface area contributed by atoms with Gasteiger partial charge >= 0.3 is 0 Å². The van der Waals surface area contributed by atoms with Crippen LogP contribution in [0.5, 0.6) is 0 Å². The van der Waals surface area contributed by atoms with E-state index >= 15 is 0 Å². The topological polar surface area (TPSA) is 87.1 Å². The molecule has 0 aliphatic heterocycles. The second-order valence-corrected chi connectivity index (χ2v) is 5.05. The fourth-order valence-corrected chi connectivity index (χ4v) is 1.80. The Balaban J connectivity index is 2.03. The Labute approximate surface area is 117 Å². The molecular formula is C13H19N5O2. The summed E-state index contributed by atoms with van der Waals surface area (Å²) in [5, 5.41) is 13.9. The standard InChI is InChI=1S/C13H19N5O2/c1-9(2)17(3)7-6-14-13-15-11-5-4-10(18(19)20)8-12(11)16-13/h4-5,8-9H,6-7H2,1-3H3,(H2,14,15,16). The van der Waals surface area contributed by atoms with Crippen LogP contribution in [0.2, 0.25) is 0 Å². The minimum absolute atomic E-state index is 0.0623. The van der Waals surface area contributed by atoms with Crippen molar-refractivity contribution < 1.29 is 4.92 Å². The Hall–Kier alpha value is -2.15. The van der Waals surface area contributed by atoms with Crippen LogP contribution in [0.4, 0.5) is 11.6 Å². The summed E-state index contributed by atoms with van der Waals surface area (Å²) in [4.78, 5) is 19.9. The van der Waals surface area contributed by atoms with Crippen LogP contribution in [0.3, 0.4) is 0 Å². The van der Waals surface area contributed by atoms with Crippen molar-refractivity contribution in [3.05, 3.63) is 28.3 Å². The van der Waals surface area contributed by atoms with Gasteiger partial charge in [0.05, 0.1) is 16.0 Å². The zero-order chi connectivity index (χ0) is 14.7. The molecule has 0 saturated heterocycles. The van der Waals surface area contributed by atoms with Crippen LogP contribution in [0.1, 0.15) is 13.8 Å². The summed E-state index contributed by atoms with van der Waals surface area (Å²) in [5.74, 6) is 0.637. The normalized spacial score (nSPS) is 11.4. The molecule has 0 unspecified atom stereocenters. The monoisotopic (exact) mass is 277 g/mol. The van der Waals surface area contributed by atoms with Gasteiger partial charge in [-0.1, -0.05) is 0 Å². The van der Waals surface area contributed by atoms with Crippen LogP contribution in [-0.2, 0) is 0 Å². The van der Waals surface area contributed by atoms with Crippen molar-refractivity contribution in [1.82, 2.24) is 14.9 Å². The van der Waals surface area contributed by atoms with Gasteiger partial charge in [-0.25, -0.2) is 4.98 Å². The van der Waals surface area contributed by atoms with Crippen LogP contribution in [-0.4, -0.2) is 46.0 Å². The summed E-state index contributed by atoms with van der Waals surface area (Å²) >= 11 is 0. The number of hydrogen-bond donors (Lipinski definition) is 2. The van der Waals surface area contributed by atoms with Crippen molar-refractivity contribution in [3.63, 3.8) is 0 Å². The number of likely N-dealkylation sites (N-methyl/N-ethyl adjacent to an activating group) is 1. The molecule has 2 rings (SSSR count). The van der Waals surface area contributed by atoms with Crippen molar-refractivity contribution >= 4 is 22.7 Å². The molecular weight excluding hydrogens is 258 g/mol. The maximum Gasteiger partial charge on any atom is 0.271 e. The van der Waals surface area contributed by atoms with Crippen molar-refractivity contribution in [2.75, 3.05) is 25.5 Å². The lowest BCUT2D eigenvalue weighted by atomic mass is 10.3. The first-order valence-electron chi connectivity index (χ1n) is 6.55. The van der Waals surface area contributed by atoms with E-state index in [0.29, 0.717) is 17.5 Å². The number of aromatic nitrogens is 2. The van der Waals surface area contributed by atoms with Gasteiger partial charge in [0.15, 0.2) is 0 Å². The lowest BCUT2D eigenvalue weighted by Crippen LogP contribution is -2.31. The van der Waals surface area contributed by atoms with Gasteiger partial charge in [0.1, 0.15) is 0 Å². The molecule has 2 N–H and O–H groups in total. The molecule has 108 valence electrons. The Kier molecular flexibility index (Phi) is 4.19. The zero-order valence-electron chi connectivity index (χ0n) is 11.9. The van der Waals surface area contributed by atoms with E-state index in [1.165, 1.54) is 12.1 Å². The Morgan fingerprint density at radius 3 is 2.90 bits per heavy atom. The minimum Gasteiger partial charge on any atom is -0.355 e. The molecule has 1 aromatic heterocycles. The van der Waals surface area contributed by atoms with Gasteiger partial charge in [-0.2, -0.15) is 0 Å². The number of hydrogen-bond acceptors (Lipinski definition) is 5. The number of nitrogens with one attached hydrogen (secondary N) is 2. The van der Waals surface area contributed by atoms with E-state index in [1.54, 1.807) is 6.07 Å². The van der Waals surface area contributed by atoms with Crippen LogP contribution in [0.25, 0.3) is 11.0 Å². The van der Waals surface area contributed by atoms with Gasteiger partial charge in [-0.3, -0.25) is 10.1 Å². The van der Waals surface area contributed by atoms with E-state index in [2.05, 4.69) is 41.1 Å². The molecule has 0 bridgehead atoms. The van der Waals surface area contributed by atoms with Crippen LogP contribution >= 0.6 is 0 Å². The summed E-state index contributed by atoms with van der Waals surface area (Å²) < 4.78 is 0. The highest BCUT2D eigenvalue weighted by atomic mass is 16.6. The largest absolute Gasteiger partial charge is 0.355 e. The smallest absolute Gasteiger partial charge is 0.271 e. The van der Waals surface area contributed by atoms with Crippen molar-refractivity contribution in [2.24, 2.45) is 0 Å². The molecule has 0 saturated carbocycles. The summed E-state index contributed by atoms with van der Waals surface area (Å²) in [5.41, 5.74) is 1.45. The lowest BCUT2D eigenvalue weighted by molar-refractivity contribution is -0.384. The minimum atomic E-state index is -0.412. The molecule has 0 aliphatic rings. The van der Waals surface area contributed by atoms with Crippen LogP contribution in [0, 0.1) is 10.1 Å². The summed E-state index contributed by atoms with van der Waals surface area (Å²) in [7, 11) is 2.06. The first-order chi connectivity index (χ1) is 9.47. The number of fused-ring (bicyclic) bond motifs is 1. The average molecular weight is 277 g/mol. The number of aromatic amines is 1. The number of nitro groups is 1. The summed E-state index contributed by atoms with van der Waals surface area (Å²) in [6, 6.07) is 5.10. The van der Waals surface area contributed by atoms with Gasteiger partial charge in [-0.05, 0) is 27.0 Å². The summed E-state index contributed by atoms with van der Waals surface area (Å²) in [6.45, 7) is 5.94. The Morgan fingerprint density at radius 2 is 2.25 bits per heavy atom. The molecule has 0 spiro atoms. The highest BCUT2D eigenvalue weighted by Gasteiger charge is 2.09. The molecule has 0 aliphatic carbocycles. The number of benzene rings is 1. The van der Waals surface area contributed by atoms with Crippen molar-refractivity contribution in [3.8, 4) is 0 Å². The number of non-ortho nitro benzene ring substituents is 1. The molecule has 0 atom stereocenters. The molecule has 7 nitrogen and oxygen atoms in total. The molecule has 1 heterocycles. The first-order valence-corrected chi connectivity index (χ1v) is 6.55. The van der Waals surface area contributed by atoms with Gasteiger partial charge in [-0.15, -0.1) is 0 Å². The predicted octanol–water partition coefficient (Wildman–Crippen LogP) is 2.22. The molecule has 20 heavy (non-hydrogen) atoms. The first kappa shape index (κ1) is 14.3. The molecule has 1 aromatic carbocycles. The molecule has 2 aromatic rings. The van der Waals surface area contributed by atoms with Gasteiger partial charge in [0.2, 0.25) is 5.95 Å². The molecule has 0 fully saturated rings. The molecule has 7 heteroatoms. The second-order valence-electron chi connectivity index (χ2n) is 5.05. The fourth-order valence-electron chi connectivity index (χ4n) is 1.80. The van der Waals surface area contributed by atoms with E-state index in [4.69, 9.17) is 0 Å². The third kappa shape index (κ3) is 3.24. The Bertz CT molecular complexity index is 608. The molecule has 0 radical (unpaired) electrons. The third-order valence-electron chi connectivity index (χ3n) is 3.31. The van der Waals surface area contributed by atoms with Gasteiger partial charge < -0.3 is 15.2 Å². The summed E-state index contributed by atoms with van der Waals surface area (Å²) in [6.07, 6.45) is 0. The van der Waals surface area contributed by atoms with E-state index in [-0.39, 0.29) is 5.69 Å². The second kappa shape index (κ2) is 5.87.